The maximum atomic E-state index is 11.2. The van der Waals surface area contributed by atoms with E-state index >= 15 is 0 Å². The zero-order chi connectivity index (χ0) is 10.1. The van der Waals surface area contributed by atoms with Gasteiger partial charge in [-0.15, -0.1) is 0 Å². The van der Waals surface area contributed by atoms with E-state index in [4.69, 9.17) is 5.53 Å². The molecular weight excluding hydrogens is 168 g/mol. The lowest BCUT2D eigenvalue weighted by atomic mass is 10.2. The number of nitrogens with zero attached hydrogens (tertiary/aromatic N) is 3. The van der Waals surface area contributed by atoms with Crippen LogP contribution in [0, 0.1) is 0 Å². The van der Waals surface area contributed by atoms with Gasteiger partial charge in [0.2, 0.25) is 5.91 Å². The summed E-state index contributed by atoms with van der Waals surface area (Å²) < 4.78 is 0. The highest BCUT2D eigenvalue weighted by Crippen LogP contribution is 1.93. The molecule has 0 aromatic carbocycles. The zero-order valence-corrected chi connectivity index (χ0v) is 7.95. The Morgan fingerprint density at radius 2 is 2.38 bits per heavy atom. The molecule has 0 bridgehead atoms. The average Bonchev–Trinajstić information content (AvgIpc) is 2.12. The van der Waals surface area contributed by atoms with Gasteiger partial charge in [0.15, 0.2) is 0 Å². The van der Waals surface area contributed by atoms with Gasteiger partial charge in [0.25, 0.3) is 0 Å². The molecule has 0 aliphatic rings. The first-order valence-corrected chi connectivity index (χ1v) is 4.18. The maximum Gasteiger partial charge on any atom is 0.246 e. The molecule has 0 aliphatic heterocycles. The first-order chi connectivity index (χ1) is 6.22. The minimum Gasteiger partial charge on any atom is -0.352 e. The third kappa shape index (κ3) is 5.75. The molecule has 0 aromatic rings. The predicted molar refractivity (Wildman–Crippen MR) is 51.1 cm³/mol. The Kier molecular flexibility index (Phi) is 6.37. The molecular formula is C8H14N4O. The molecule has 5 heteroatoms. The topological polar surface area (TPSA) is 77.9 Å². The summed E-state index contributed by atoms with van der Waals surface area (Å²) in [6, 6.07) is 0. The van der Waals surface area contributed by atoms with Crippen LogP contribution in [-0.4, -0.2) is 19.0 Å². The molecule has 72 valence electrons. The van der Waals surface area contributed by atoms with Gasteiger partial charge in [-0.25, -0.2) is 0 Å². The van der Waals surface area contributed by atoms with E-state index in [-0.39, 0.29) is 5.91 Å². The molecule has 0 aliphatic carbocycles. The van der Waals surface area contributed by atoms with Gasteiger partial charge in [0, 0.05) is 23.6 Å². The average molecular weight is 182 g/mol. The fraction of sp³-hybridized carbons (Fsp3) is 0.625. The van der Waals surface area contributed by atoms with Crippen molar-refractivity contribution in [2.24, 2.45) is 5.11 Å². The lowest BCUT2D eigenvalue weighted by molar-refractivity contribution is -0.117. The fourth-order valence-corrected chi connectivity index (χ4v) is 0.802. The summed E-state index contributed by atoms with van der Waals surface area (Å²) in [7, 11) is 0. The Balaban J connectivity index is 3.74. The number of carbonyl (C=O) groups excluding carboxylic acids is 1. The number of rotatable bonds is 5. The van der Waals surface area contributed by atoms with Gasteiger partial charge in [0.1, 0.15) is 0 Å². The number of carbonyl (C=O) groups is 1. The van der Waals surface area contributed by atoms with E-state index in [0.29, 0.717) is 18.7 Å². The van der Waals surface area contributed by atoms with E-state index < -0.39 is 0 Å². The molecule has 0 fully saturated rings. The maximum absolute atomic E-state index is 11.2. The molecule has 0 radical (unpaired) electrons. The van der Waals surface area contributed by atoms with Crippen LogP contribution in [0.15, 0.2) is 16.8 Å². The zero-order valence-electron chi connectivity index (χ0n) is 7.95. The van der Waals surface area contributed by atoms with Crippen molar-refractivity contribution in [1.29, 1.82) is 0 Å². The Bertz CT molecular complexity index is 241. The monoisotopic (exact) mass is 182 g/mol. The second-order valence-electron chi connectivity index (χ2n) is 2.51. The van der Waals surface area contributed by atoms with E-state index in [9.17, 15) is 4.79 Å². The molecule has 13 heavy (non-hydrogen) atoms. The van der Waals surface area contributed by atoms with Gasteiger partial charge in [-0.2, -0.15) is 0 Å². The molecule has 0 heterocycles. The van der Waals surface area contributed by atoms with Crippen LogP contribution >= 0.6 is 0 Å². The Morgan fingerprint density at radius 3 is 2.92 bits per heavy atom. The van der Waals surface area contributed by atoms with Crippen LogP contribution in [0.3, 0.4) is 0 Å². The van der Waals surface area contributed by atoms with Crippen LogP contribution in [0.2, 0.25) is 0 Å². The summed E-state index contributed by atoms with van der Waals surface area (Å²) in [5, 5.41) is 5.93. The van der Waals surface area contributed by atoms with Crippen molar-refractivity contribution in [2.45, 2.75) is 20.3 Å². The standard InChI is InChI=1S/C8H14N4O/c1-3-4-7(2)8(13)10-5-6-11-12-9/h4H,3,5-6H2,1-2H3,(H,10,13)/b7-4-. The van der Waals surface area contributed by atoms with Crippen molar-refractivity contribution in [3.63, 3.8) is 0 Å². The number of amides is 1. The molecule has 0 saturated carbocycles. The fourth-order valence-electron chi connectivity index (χ4n) is 0.802. The van der Waals surface area contributed by atoms with Gasteiger partial charge in [-0.05, 0) is 18.9 Å². The summed E-state index contributed by atoms with van der Waals surface area (Å²) in [4.78, 5) is 13.8. The summed E-state index contributed by atoms with van der Waals surface area (Å²) in [6.07, 6.45) is 2.69. The van der Waals surface area contributed by atoms with Gasteiger partial charge < -0.3 is 5.32 Å². The highest BCUT2D eigenvalue weighted by Gasteiger charge is 2.00. The normalized spacial score (nSPS) is 10.5. The minimum absolute atomic E-state index is 0.102. The summed E-state index contributed by atoms with van der Waals surface area (Å²) in [5.41, 5.74) is 8.66. The predicted octanol–water partition coefficient (Wildman–Crippen LogP) is 1.77. The number of allylic oxidation sites excluding steroid dienone is 1. The molecule has 1 amide bonds. The largest absolute Gasteiger partial charge is 0.352 e. The smallest absolute Gasteiger partial charge is 0.246 e. The number of azide groups is 1. The van der Waals surface area contributed by atoms with Crippen LogP contribution < -0.4 is 5.32 Å². The summed E-state index contributed by atoms with van der Waals surface area (Å²) >= 11 is 0. The lowest BCUT2D eigenvalue weighted by Crippen LogP contribution is -2.26. The SMILES string of the molecule is CC/C=C(/C)C(=O)NCCN=[N+]=[N-]. The molecule has 0 unspecified atom stereocenters. The van der Waals surface area contributed by atoms with E-state index in [0.717, 1.165) is 6.42 Å². The molecule has 0 rings (SSSR count). The van der Waals surface area contributed by atoms with Gasteiger partial charge in [-0.1, -0.05) is 18.1 Å². The van der Waals surface area contributed by atoms with Crippen molar-refractivity contribution in [1.82, 2.24) is 5.32 Å². The Morgan fingerprint density at radius 1 is 1.69 bits per heavy atom. The van der Waals surface area contributed by atoms with Crippen LogP contribution in [0.4, 0.5) is 0 Å². The molecule has 0 aromatic heterocycles. The molecule has 0 spiro atoms. The third-order valence-corrected chi connectivity index (χ3v) is 1.43. The van der Waals surface area contributed by atoms with Gasteiger partial charge in [-0.3, -0.25) is 4.79 Å². The highest BCUT2D eigenvalue weighted by molar-refractivity contribution is 5.92. The van der Waals surface area contributed by atoms with Crippen molar-refractivity contribution >= 4 is 5.91 Å². The molecule has 0 atom stereocenters. The Hall–Kier alpha value is -1.48. The number of hydrogen-bond acceptors (Lipinski definition) is 2. The first kappa shape index (κ1) is 11.5. The Labute approximate surface area is 77.4 Å². The van der Waals surface area contributed by atoms with E-state index in [1.54, 1.807) is 6.92 Å². The van der Waals surface area contributed by atoms with E-state index in [2.05, 4.69) is 15.3 Å². The van der Waals surface area contributed by atoms with Crippen molar-refractivity contribution in [3.8, 4) is 0 Å². The third-order valence-electron chi connectivity index (χ3n) is 1.43. The quantitative estimate of drug-likeness (QED) is 0.227. The van der Waals surface area contributed by atoms with Crippen LogP contribution in [0.5, 0.6) is 0 Å². The minimum atomic E-state index is -0.102. The number of nitrogens with one attached hydrogen (secondary N) is 1. The second-order valence-corrected chi connectivity index (χ2v) is 2.51. The summed E-state index contributed by atoms with van der Waals surface area (Å²) in [5.74, 6) is -0.102. The van der Waals surface area contributed by atoms with Gasteiger partial charge >= 0.3 is 0 Å². The number of hydrogen-bond donors (Lipinski definition) is 1. The van der Waals surface area contributed by atoms with Crippen LogP contribution in [-0.2, 0) is 4.79 Å². The molecule has 5 nitrogen and oxygen atoms in total. The van der Waals surface area contributed by atoms with Gasteiger partial charge in [0.05, 0.1) is 0 Å². The van der Waals surface area contributed by atoms with E-state index in [1.165, 1.54) is 0 Å². The van der Waals surface area contributed by atoms with Crippen molar-refractivity contribution in [3.05, 3.63) is 22.1 Å². The van der Waals surface area contributed by atoms with Crippen LogP contribution in [0.25, 0.3) is 10.4 Å². The van der Waals surface area contributed by atoms with Crippen molar-refractivity contribution < 1.29 is 4.79 Å². The summed E-state index contributed by atoms with van der Waals surface area (Å²) in [6.45, 7) is 4.41. The lowest BCUT2D eigenvalue weighted by Gasteiger charge is -2.01. The molecule has 1 N–H and O–H groups in total. The second kappa shape index (κ2) is 7.18. The van der Waals surface area contributed by atoms with E-state index in [1.807, 2.05) is 13.0 Å². The highest BCUT2D eigenvalue weighted by atomic mass is 16.1. The first-order valence-electron chi connectivity index (χ1n) is 4.18. The van der Waals surface area contributed by atoms with Crippen LogP contribution in [0.1, 0.15) is 20.3 Å². The van der Waals surface area contributed by atoms with Crippen molar-refractivity contribution in [2.75, 3.05) is 13.1 Å². The molecule has 0 saturated heterocycles.